The van der Waals surface area contributed by atoms with E-state index in [2.05, 4.69) is 10.4 Å². The number of allylic oxidation sites excluding steroid dienone is 2. The van der Waals surface area contributed by atoms with Gasteiger partial charge in [0, 0.05) is 5.70 Å². The number of halogens is 2. The molecule has 0 aliphatic heterocycles. The van der Waals surface area contributed by atoms with Crippen molar-refractivity contribution in [2.75, 3.05) is 0 Å². The van der Waals surface area contributed by atoms with Crippen molar-refractivity contribution in [2.24, 2.45) is 5.84 Å². The number of benzene rings is 1. The molecule has 0 radical (unpaired) electrons. The lowest BCUT2D eigenvalue weighted by atomic mass is 10.3. The number of rotatable bonds is 2. The van der Waals surface area contributed by atoms with Crippen LogP contribution in [0.1, 0.15) is 19.3 Å². The van der Waals surface area contributed by atoms with Crippen molar-refractivity contribution in [2.45, 2.75) is 19.3 Å². The second-order valence-electron chi connectivity index (χ2n) is 4.90. The van der Waals surface area contributed by atoms with Gasteiger partial charge in [0.25, 0.3) is 0 Å². The zero-order chi connectivity index (χ0) is 16.6. The smallest absolute Gasteiger partial charge is 0.244 e. The normalized spacial score (nSPS) is 14.0. The highest BCUT2D eigenvalue weighted by Crippen LogP contribution is 2.19. The predicted molar refractivity (Wildman–Crippen MR) is 74.3 cm³/mol. The maximum Gasteiger partial charge on any atom is 0.377 e. The fourth-order valence-corrected chi connectivity index (χ4v) is 2.30. The molecule has 1 amide bonds. The van der Waals surface area contributed by atoms with Gasteiger partial charge in [-0.15, -0.1) is 4.68 Å². The molecular formula is C13H12F2N6O2. The van der Waals surface area contributed by atoms with E-state index >= 15 is 0 Å². The maximum absolute atomic E-state index is 13.7. The summed E-state index contributed by atoms with van der Waals surface area (Å²) in [4.78, 5) is 24.4. The van der Waals surface area contributed by atoms with Gasteiger partial charge in [-0.05, 0) is 41.8 Å². The van der Waals surface area contributed by atoms with Gasteiger partial charge in [-0.2, -0.15) is 4.68 Å². The summed E-state index contributed by atoms with van der Waals surface area (Å²) in [5.74, 6) is 3.65. The van der Waals surface area contributed by atoms with Crippen LogP contribution in [0.5, 0.6) is 0 Å². The Balaban J connectivity index is 2.00. The van der Waals surface area contributed by atoms with E-state index in [4.69, 9.17) is 5.84 Å². The first-order valence-electron chi connectivity index (χ1n) is 6.78. The minimum atomic E-state index is -1.12. The number of nitrogens with two attached hydrogens (primary N) is 1. The standard InChI is InChI=1S/C13H12F2N6O2/c14-9-6-3-7-10(15)11(9)20-13(23)21(18-17-20)12(22)19(16)8-4-1-2-5-8/h3-4,6-7H,1-2,5,16H2. The number of nitrogens with zero attached hydrogens (tertiary/aromatic N) is 5. The molecule has 8 nitrogen and oxygen atoms in total. The number of hydrazine groups is 1. The van der Waals surface area contributed by atoms with E-state index < -0.39 is 29.0 Å². The highest BCUT2D eigenvalue weighted by Gasteiger charge is 2.25. The lowest BCUT2D eigenvalue weighted by Crippen LogP contribution is -2.44. The Morgan fingerprint density at radius 2 is 1.96 bits per heavy atom. The zero-order valence-electron chi connectivity index (χ0n) is 11.8. The minimum absolute atomic E-state index is 0.352. The third-order valence-corrected chi connectivity index (χ3v) is 3.44. The summed E-state index contributed by atoms with van der Waals surface area (Å²) < 4.78 is 28.2. The molecular weight excluding hydrogens is 310 g/mol. The number of hydrogen-bond donors (Lipinski definition) is 1. The van der Waals surface area contributed by atoms with Crippen LogP contribution in [-0.2, 0) is 0 Å². The molecule has 1 aliphatic carbocycles. The van der Waals surface area contributed by atoms with E-state index in [0.29, 0.717) is 21.5 Å². The number of amides is 1. The topological polar surface area (TPSA) is 99.0 Å². The summed E-state index contributed by atoms with van der Waals surface area (Å²) in [7, 11) is 0. The monoisotopic (exact) mass is 322 g/mol. The van der Waals surface area contributed by atoms with Crippen molar-refractivity contribution in [1.82, 2.24) is 24.8 Å². The minimum Gasteiger partial charge on any atom is -0.244 e. The van der Waals surface area contributed by atoms with Gasteiger partial charge in [-0.3, -0.25) is 0 Å². The van der Waals surface area contributed by atoms with E-state index in [1.54, 1.807) is 6.08 Å². The number of carbonyl (C=O) groups is 1. The van der Waals surface area contributed by atoms with Crippen LogP contribution in [-0.4, -0.2) is 30.8 Å². The lowest BCUT2D eigenvalue weighted by Gasteiger charge is -2.15. The molecule has 10 heteroatoms. The Kier molecular flexibility index (Phi) is 3.74. The summed E-state index contributed by atoms with van der Waals surface area (Å²) in [6.07, 6.45) is 3.98. The highest BCUT2D eigenvalue weighted by atomic mass is 19.1. The molecule has 0 spiro atoms. The van der Waals surface area contributed by atoms with Crippen LogP contribution < -0.4 is 11.5 Å². The molecule has 0 fully saturated rings. The van der Waals surface area contributed by atoms with Crippen LogP contribution in [0.25, 0.3) is 5.69 Å². The Bertz CT molecular complexity index is 836. The van der Waals surface area contributed by atoms with Crippen LogP contribution in [0, 0.1) is 11.6 Å². The Labute approximate surface area is 128 Å². The molecule has 3 rings (SSSR count). The first kappa shape index (κ1) is 15.0. The SMILES string of the molecule is NN(C(=O)n1nnn(-c2c(F)cccc2F)c1=O)C1=CCCC1. The number of hydrogen-bond acceptors (Lipinski definition) is 5. The fraction of sp³-hybridized carbons (Fsp3) is 0.231. The zero-order valence-corrected chi connectivity index (χ0v) is 11.8. The van der Waals surface area contributed by atoms with Crippen molar-refractivity contribution >= 4 is 6.03 Å². The Hall–Kier alpha value is -2.88. The average molecular weight is 322 g/mol. The first-order chi connectivity index (χ1) is 11.0. The lowest BCUT2D eigenvalue weighted by molar-refractivity contribution is 0.208. The third kappa shape index (κ3) is 2.52. The number of tetrazole rings is 1. The number of aromatic nitrogens is 4. The van der Waals surface area contributed by atoms with Crippen LogP contribution in [0.3, 0.4) is 0 Å². The van der Waals surface area contributed by atoms with Gasteiger partial charge in [-0.25, -0.2) is 29.2 Å². The van der Waals surface area contributed by atoms with Crippen LogP contribution in [0.4, 0.5) is 13.6 Å². The van der Waals surface area contributed by atoms with Gasteiger partial charge >= 0.3 is 11.7 Å². The quantitative estimate of drug-likeness (QED) is 0.384. The van der Waals surface area contributed by atoms with Gasteiger partial charge in [0.1, 0.15) is 5.69 Å². The average Bonchev–Trinajstić information content (AvgIpc) is 3.17. The molecule has 2 aromatic rings. The Morgan fingerprint density at radius 3 is 2.57 bits per heavy atom. The summed E-state index contributed by atoms with van der Waals surface area (Å²) in [6.45, 7) is 0. The van der Waals surface area contributed by atoms with E-state index in [1.807, 2.05) is 0 Å². The molecule has 23 heavy (non-hydrogen) atoms. The van der Waals surface area contributed by atoms with E-state index in [1.165, 1.54) is 0 Å². The van der Waals surface area contributed by atoms with Crippen molar-refractivity contribution in [3.05, 3.63) is 52.1 Å². The largest absolute Gasteiger partial charge is 0.377 e. The fourth-order valence-electron chi connectivity index (χ4n) is 2.30. The third-order valence-electron chi connectivity index (χ3n) is 3.44. The second kappa shape index (κ2) is 5.72. The van der Waals surface area contributed by atoms with Crippen molar-refractivity contribution < 1.29 is 13.6 Å². The van der Waals surface area contributed by atoms with Crippen LogP contribution in [0.15, 0.2) is 34.8 Å². The van der Waals surface area contributed by atoms with Crippen molar-refractivity contribution in [3.8, 4) is 5.69 Å². The maximum atomic E-state index is 13.7. The van der Waals surface area contributed by atoms with Crippen LogP contribution in [0.2, 0.25) is 0 Å². The van der Waals surface area contributed by atoms with E-state index in [-0.39, 0.29) is 0 Å². The highest BCUT2D eigenvalue weighted by molar-refractivity contribution is 5.76. The van der Waals surface area contributed by atoms with E-state index in [0.717, 1.165) is 36.0 Å². The Morgan fingerprint density at radius 1 is 1.26 bits per heavy atom. The number of para-hydroxylation sites is 1. The second-order valence-corrected chi connectivity index (χ2v) is 4.90. The molecule has 0 bridgehead atoms. The van der Waals surface area contributed by atoms with Crippen molar-refractivity contribution in [3.63, 3.8) is 0 Å². The molecule has 0 saturated carbocycles. The molecule has 1 aliphatic rings. The summed E-state index contributed by atoms with van der Waals surface area (Å²) >= 11 is 0. The first-order valence-corrected chi connectivity index (χ1v) is 6.78. The molecule has 1 aromatic carbocycles. The van der Waals surface area contributed by atoms with Gasteiger partial charge in [-0.1, -0.05) is 12.1 Å². The van der Waals surface area contributed by atoms with Crippen molar-refractivity contribution in [1.29, 1.82) is 0 Å². The predicted octanol–water partition coefficient (Wildman–Crippen LogP) is 0.919. The summed E-state index contributed by atoms with van der Waals surface area (Å²) in [6, 6.07) is 2.11. The van der Waals surface area contributed by atoms with Gasteiger partial charge in [0.2, 0.25) is 0 Å². The molecule has 2 N–H and O–H groups in total. The summed E-state index contributed by atoms with van der Waals surface area (Å²) in [5, 5.41) is 7.49. The van der Waals surface area contributed by atoms with Gasteiger partial charge in [0.15, 0.2) is 11.6 Å². The van der Waals surface area contributed by atoms with E-state index in [9.17, 15) is 18.4 Å². The molecule has 0 saturated heterocycles. The molecule has 1 heterocycles. The number of carbonyl (C=O) groups excluding carboxylic acids is 1. The molecule has 1 aromatic heterocycles. The molecule has 0 atom stereocenters. The van der Waals surface area contributed by atoms with Gasteiger partial charge < -0.3 is 0 Å². The van der Waals surface area contributed by atoms with Gasteiger partial charge in [0.05, 0.1) is 0 Å². The molecule has 0 unspecified atom stereocenters. The van der Waals surface area contributed by atoms with Crippen LogP contribution >= 0.6 is 0 Å². The summed E-state index contributed by atoms with van der Waals surface area (Å²) in [5.41, 5.74) is -1.28. The molecule has 120 valence electrons.